The molecule has 0 aromatic heterocycles. The second kappa shape index (κ2) is 6.24. The van der Waals surface area contributed by atoms with Crippen molar-refractivity contribution in [2.75, 3.05) is 5.32 Å². The Morgan fingerprint density at radius 2 is 1.61 bits per heavy atom. The van der Waals surface area contributed by atoms with Gasteiger partial charge in [-0.2, -0.15) is 27.2 Å². The van der Waals surface area contributed by atoms with Gasteiger partial charge in [-0.25, -0.2) is 0 Å². The van der Waals surface area contributed by atoms with Crippen LogP contribution in [0.3, 0.4) is 0 Å². The highest BCUT2D eigenvalue weighted by Gasteiger charge is 2.58. The van der Waals surface area contributed by atoms with Gasteiger partial charge in [0.15, 0.2) is 0 Å². The first kappa shape index (κ1) is 16.7. The van der Waals surface area contributed by atoms with Gasteiger partial charge in [-0.15, -0.1) is 0 Å². The fraction of sp³-hybridized carbons (Fsp3) is 0.188. The molecule has 0 bridgehead atoms. The van der Waals surface area contributed by atoms with E-state index in [1.165, 1.54) is 11.4 Å². The second-order valence-corrected chi connectivity index (χ2v) is 4.84. The van der Waals surface area contributed by atoms with Gasteiger partial charge in [-0.05, 0) is 35.7 Å². The summed E-state index contributed by atoms with van der Waals surface area (Å²) in [7, 11) is 0. The van der Waals surface area contributed by atoms with Gasteiger partial charge in [0.1, 0.15) is 0 Å². The average molecular weight is 326 g/mol. The van der Waals surface area contributed by atoms with Gasteiger partial charge >= 0.3 is 12.2 Å². The van der Waals surface area contributed by atoms with Crippen molar-refractivity contribution in [3.05, 3.63) is 65.2 Å². The van der Waals surface area contributed by atoms with Crippen LogP contribution in [0.4, 0.5) is 27.6 Å². The normalized spacial score (nSPS) is 11.8. The van der Waals surface area contributed by atoms with E-state index in [1.807, 2.05) is 6.07 Å². The van der Waals surface area contributed by atoms with Gasteiger partial charge in [0.2, 0.25) is 0 Å². The minimum Gasteiger partial charge on any atom is -0.319 e. The van der Waals surface area contributed by atoms with Crippen LogP contribution in [-0.4, -0.2) is 12.2 Å². The highest BCUT2D eigenvalue weighted by Crippen LogP contribution is 2.36. The molecule has 0 fully saturated rings. The summed E-state index contributed by atoms with van der Waals surface area (Å²) in [5.74, 6) is 0. The van der Waals surface area contributed by atoms with Gasteiger partial charge in [0.25, 0.3) is 0 Å². The summed E-state index contributed by atoms with van der Waals surface area (Å²) in [5.41, 5.74) is 0.984. The molecule has 0 heterocycles. The van der Waals surface area contributed by atoms with Crippen molar-refractivity contribution in [2.45, 2.75) is 18.6 Å². The molecule has 0 radical (unpaired) electrons. The van der Waals surface area contributed by atoms with E-state index >= 15 is 0 Å². The largest absolute Gasteiger partial charge is 0.475 e. The van der Waals surface area contributed by atoms with Crippen molar-refractivity contribution in [1.29, 1.82) is 5.26 Å². The first-order chi connectivity index (χ1) is 10.7. The highest BCUT2D eigenvalue weighted by molar-refractivity contribution is 5.54. The zero-order chi connectivity index (χ0) is 17.1. The molecule has 0 saturated carbocycles. The quantitative estimate of drug-likeness (QED) is 0.652. The molecule has 2 nitrogen and oxygen atoms in total. The predicted octanol–water partition coefficient (Wildman–Crippen LogP) is 4.72. The smallest absolute Gasteiger partial charge is 0.319 e. The molecule has 2 aromatic carbocycles. The van der Waals surface area contributed by atoms with E-state index in [9.17, 15) is 22.0 Å². The molecule has 1 N–H and O–H groups in total. The van der Waals surface area contributed by atoms with Crippen LogP contribution in [0, 0.1) is 11.3 Å². The lowest BCUT2D eigenvalue weighted by Crippen LogP contribution is -2.43. The van der Waals surface area contributed by atoms with Gasteiger partial charge < -0.3 is 5.32 Å². The van der Waals surface area contributed by atoms with Crippen LogP contribution in [0.15, 0.2) is 48.5 Å². The fourth-order valence-corrected chi connectivity index (χ4v) is 1.99. The molecule has 0 spiro atoms. The number of nitrogens with one attached hydrogen (secondary N) is 1. The number of nitriles is 1. The van der Waals surface area contributed by atoms with E-state index in [2.05, 4.69) is 0 Å². The van der Waals surface area contributed by atoms with Crippen LogP contribution in [0.1, 0.15) is 16.7 Å². The van der Waals surface area contributed by atoms with Crippen molar-refractivity contribution in [3.8, 4) is 6.07 Å². The Morgan fingerprint density at radius 3 is 2.17 bits per heavy atom. The Balaban J connectivity index is 2.31. The third-order valence-corrected chi connectivity index (χ3v) is 3.12. The number of hydrogen-bond donors (Lipinski definition) is 1. The summed E-state index contributed by atoms with van der Waals surface area (Å²) in [6, 6.07) is 9.07. The minimum atomic E-state index is -5.71. The van der Waals surface area contributed by atoms with E-state index in [4.69, 9.17) is 5.26 Å². The Labute approximate surface area is 129 Å². The number of hydrogen-bond acceptors (Lipinski definition) is 2. The maximum atomic E-state index is 13.1. The van der Waals surface area contributed by atoms with Crippen molar-refractivity contribution in [3.63, 3.8) is 0 Å². The zero-order valence-electron chi connectivity index (χ0n) is 11.7. The topological polar surface area (TPSA) is 35.8 Å². The monoisotopic (exact) mass is 326 g/mol. The van der Waals surface area contributed by atoms with Crippen molar-refractivity contribution in [1.82, 2.24) is 0 Å². The van der Waals surface area contributed by atoms with E-state index < -0.39 is 17.9 Å². The highest BCUT2D eigenvalue weighted by atomic mass is 19.4. The molecule has 2 aromatic rings. The van der Waals surface area contributed by atoms with Crippen molar-refractivity contribution >= 4 is 5.69 Å². The standard InChI is InChI=1S/C16H11F5N2/c17-15(18,19)16(20,21)23-14-7-6-12(10-22)13(9-14)8-11-4-2-1-3-5-11/h1-7,9,23H,8H2. The average Bonchev–Trinajstić information content (AvgIpc) is 2.47. The van der Waals surface area contributed by atoms with E-state index in [1.54, 1.807) is 30.3 Å². The maximum absolute atomic E-state index is 13.1. The lowest BCUT2D eigenvalue weighted by Gasteiger charge is -2.22. The Morgan fingerprint density at radius 1 is 0.957 bits per heavy atom. The number of alkyl halides is 5. The third kappa shape index (κ3) is 3.97. The molecular weight excluding hydrogens is 315 g/mol. The summed E-state index contributed by atoms with van der Waals surface area (Å²) in [4.78, 5) is 0. The van der Waals surface area contributed by atoms with Crippen LogP contribution in [0.25, 0.3) is 0 Å². The molecule has 23 heavy (non-hydrogen) atoms. The molecule has 0 amide bonds. The molecule has 0 unspecified atom stereocenters. The van der Waals surface area contributed by atoms with Crippen LogP contribution in [0.5, 0.6) is 0 Å². The summed E-state index contributed by atoms with van der Waals surface area (Å²) < 4.78 is 62.9. The molecule has 0 saturated heterocycles. The maximum Gasteiger partial charge on any atom is 0.475 e. The van der Waals surface area contributed by atoms with Crippen molar-refractivity contribution in [2.24, 2.45) is 0 Å². The van der Waals surface area contributed by atoms with Gasteiger partial charge in [0.05, 0.1) is 11.6 Å². The molecule has 0 aliphatic heterocycles. The zero-order valence-corrected chi connectivity index (χ0v) is 11.7. The molecule has 2 rings (SSSR count). The summed E-state index contributed by atoms with van der Waals surface area (Å²) in [6.07, 6.45) is -5.46. The minimum absolute atomic E-state index is 0.217. The third-order valence-electron chi connectivity index (χ3n) is 3.12. The number of rotatable bonds is 4. The lowest BCUT2D eigenvalue weighted by atomic mass is 9.99. The molecule has 7 heteroatoms. The summed E-state index contributed by atoms with van der Waals surface area (Å²) >= 11 is 0. The summed E-state index contributed by atoms with van der Waals surface area (Å²) in [5, 5.41) is 10.2. The van der Waals surface area contributed by atoms with Crippen LogP contribution >= 0.6 is 0 Å². The number of nitrogens with zero attached hydrogens (tertiary/aromatic N) is 1. The number of halogens is 5. The molecular formula is C16H11F5N2. The first-order valence-electron chi connectivity index (χ1n) is 6.52. The predicted molar refractivity (Wildman–Crippen MR) is 75.0 cm³/mol. The number of benzene rings is 2. The van der Waals surface area contributed by atoms with Gasteiger partial charge in [-0.3, -0.25) is 0 Å². The molecule has 120 valence electrons. The van der Waals surface area contributed by atoms with E-state index in [0.29, 0.717) is 5.56 Å². The van der Waals surface area contributed by atoms with E-state index in [-0.39, 0.29) is 12.0 Å². The van der Waals surface area contributed by atoms with Crippen molar-refractivity contribution < 1.29 is 22.0 Å². The Bertz CT molecular complexity index is 717. The SMILES string of the molecule is N#Cc1ccc(NC(F)(F)C(F)(F)F)cc1Cc1ccccc1. The molecule has 0 aliphatic carbocycles. The fourth-order valence-electron chi connectivity index (χ4n) is 1.99. The van der Waals surface area contributed by atoms with Crippen LogP contribution < -0.4 is 5.32 Å². The number of anilines is 1. The Kier molecular flexibility index (Phi) is 4.55. The molecule has 0 aliphatic rings. The van der Waals surface area contributed by atoms with Crippen LogP contribution in [0.2, 0.25) is 0 Å². The summed E-state index contributed by atoms with van der Waals surface area (Å²) in [6.45, 7) is 0. The first-order valence-corrected chi connectivity index (χ1v) is 6.52. The van der Waals surface area contributed by atoms with Crippen LogP contribution in [-0.2, 0) is 6.42 Å². The second-order valence-electron chi connectivity index (χ2n) is 4.84. The van der Waals surface area contributed by atoms with Gasteiger partial charge in [-0.1, -0.05) is 30.3 Å². The van der Waals surface area contributed by atoms with Gasteiger partial charge in [0, 0.05) is 5.69 Å². The Hall–Kier alpha value is -2.62. The van der Waals surface area contributed by atoms with E-state index in [0.717, 1.165) is 17.7 Å². The lowest BCUT2D eigenvalue weighted by molar-refractivity contribution is -0.268. The molecule has 0 atom stereocenters.